The van der Waals surface area contributed by atoms with Crippen LogP contribution in [0.5, 0.6) is 0 Å². The number of benzene rings is 2. The molecule has 154 valence electrons. The van der Waals surface area contributed by atoms with E-state index in [9.17, 15) is 9.18 Å². The van der Waals surface area contributed by atoms with E-state index in [-0.39, 0.29) is 11.8 Å². The Morgan fingerprint density at radius 2 is 1.70 bits per heavy atom. The number of urea groups is 1. The van der Waals surface area contributed by atoms with Gasteiger partial charge in [-0.2, -0.15) is 0 Å². The number of hydrogen-bond donors (Lipinski definition) is 1. The molecule has 0 aliphatic carbocycles. The van der Waals surface area contributed by atoms with Crippen LogP contribution in [0.25, 0.3) is 11.4 Å². The van der Waals surface area contributed by atoms with Crippen molar-refractivity contribution in [3.8, 4) is 11.4 Å². The first kappa shape index (κ1) is 19.8. The average Bonchev–Trinajstić information content (AvgIpc) is 2.74. The van der Waals surface area contributed by atoms with Crippen LogP contribution in [0.3, 0.4) is 0 Å². The fourth-order valence-electron chi connectivity index (χ4n) is 3.45. The van der Waals surface area contributed by atoms with Crippen LogP contribution in [0.1, 0.15) is 11.3 Å². The molecule has 2 heterocycles. The highest BCUT2D eigenvalue weighted by atomic mass is 19.1. The third kappa shape index (κ3) is 4.56. The molecule has 7 heteroatoms. The maximum atomic E-state index is 13.3. The van der Waals surface area contributed by atoms with E-state index in [1.165, 1.54) is 17.7 Å². The van der Waals surface area contributed by atoms with Crippen molar-refractivity contribution in [3.63, 3.8) is 0 Å². The second kappa shape index (κ2) is 8.49. The van der Waals surface area contributed by atoms with Gasteiger partial charge in [0.15, 0.2) is 5.82 Å². The Balaban J connectivity index is 1.42. The van der Waals surface area contributed by atoms with E-state index in [0.29, 0.717) is 37.7 Å². The van der Waals surface area contributed by atoms with Crippen molar-refractivity contribution in [2.24, 2.45) is 0 Å². The van der Waals surface area contributed by atoms with E-state index >= 15 is 0 Å². The minimum absolute atomic E-state index is 0.223. The molecule has 1 aromatic heterocycles. The van der Waals surface area contributed by atoms with Crippen LogP contribution in [0.4, 0.5) is 20.7 Å². The standard InChI is InChI=1S/C23H24FN5O/c1-16-6-8-18(9-7-16)22-25-17(2)14-21(27-22)28-10-12-29(13-11-28)23(30)26-20-5-3-4-19(24)15-20/h3-9,14-15H,10-13H2,1-2H3,(H,26,30). The Hall–Kier alpha value is -3.48. The minimum Gasteiger partial charge on any atom is -0.353 e. The number of rotatable bonds is 3. The van der Waals surface area contributed by atoms with E-state index in [1.54, 1.807) is 17.0 Å². The number of nitrogens with one attached hydrogen (secondary N) is 1. The minimum atomic E-state index is -0.374. The molecule has 0 bridgehead atoms. The molecule has 4 rings (SSSR count). The largest absolute Gasteiger partial charge is 0.353 e. The van der Waals surface area contributed by atoms with Gasteiger partial charge in [-0.05, 0) is 32.0 Å². The van der Waals surface area contributed by atoms with Crippen molar-refractivity contribution in [2.75, 3.05) is 36.4 Å². The van der Waals surface area contributed by atoms with Crippen molar-refractivity contribution in [2.45, 2.75) is 13.8 Å². The van der Waals surface area contributed by atoms with Crippen LogP contribution < -0.4 is 10.2 Å². The SMILES string of the molecule is Cc1ccc(-c2nc(C)cc(N3CCN(C(=O)Nc4cccc(F)c4)CC3)n2)cc1. The van der Waals surface area contributed by atoms with Gasteiger partial charge in [0, 0.05) is 49.2 Å². The lowest BCUT2D eigenvalue weighted by Crippen LogP contribution is -2.50. The first-order valence-corrected chi connectivity index (χ1v) is 9.97. The van der Waals surface area contributed by atoms with Crippen LogP contribution in [0.2, 0.25) is 0 Å². The summed E-state index contributed by atoms with van der Waals surface area (Å²) in [6.45, 7) is 6.47. The fourth-order valence-corrected chi connectivity index (χ4v) is 3.45. The molecule has 0 unspecified atom stereocenters. The van der Waals surface area contributed by atoms with E-state index in [2.05, 4.69) is 34.3 Å². The van der Waals surface area contributed by atoms with Crippen molar-refractivity contribution in [1.29, 1.82) is 0 Å². The van der Waals surface area contributed by atoms with Gasteiger partial charge in [-0.3, -0.25) is 0 Å². The number of piperazine rings is 1. The van der Waals surface area contributed by atoms with Crippen LogP contribution in [0, 0.1) is 19.7 Å². The number of aromatic nitrogens is 2. The number of carbonyl (C=O) groups excluding carboxylic acids is 1. The summed E-state index contributed by atoms with van der Waals surface area (Å²) in [6.07, 6.45) is 0. The smallest absolute Gasteiger partial charge is 0.321 e. The zero-order chi connectivity index (χ0) is 21.1. The Kier molecular flexibility index (Phi) is 5.61. The summed E-state index contributed by atoms with van der Waals surface area (Å²) in [4.78, 5) is 25.7. The molecule has 2 aromatic carbocycles. The van der Waals surface area contributed by atoms with Gasteiger partial charge in [-0.1, -0.05) is 35.9 Å². The lowest BCUT2D eigenvalue weighted by molar-refractivity contribution is 0.208. The topological polar surface area (TPSA) is 61.4 Å². The van der Waals surface area contributed by atoms with Crippen LogP contribution in [-0.2, 0) is 0 Å². The summed E-state index contributed by atoms with van der Waals surface area (Å²) >= 11 is 0. The molecule has 1 N–H and O–H groups in total. The highest BCUT2D eigenvalue weighted by molar-refractivity contribution is 5.89. The molecule has 2 amide bonds. The van der Waals surface area contributed by atoms with Crippen molar-refractivity contribution < 1.29 is 9.18 Å². The normalized spacial score (nSPS) is 14.0. The summed E-state index contributed by atoms with van der Waals surface area (Å²) in [6, 6.07) is 15.8. The van der Waals surface area contributed by atoms with Gasteiger partial charge in [0.05, 0.1) is 0 Å². The Morgan fingerprint density at radius 1 is 0.967 bits per heavy atom. The van der Waals surface area contributed by atoms with Gasteiger partial charge in [0.1, 0.15) is 11.6 Å². The van der Waals surface area contributed by atoms with E-state index in [0.717, 1.165) is 17.1 Å². The molecular weight excluding hydrogens is 381 g/mol. The first-order chi connectivity index (χ1) is 14.5. The van der Waals surface area contributed by atoms with Gasteiger partial charge in [0.2, 0.25) is 0 Å². The highest BCUT2D eigenvalue weighted by Gasteiger charge is 2.23. The van der Waals surface area contributed by atoms with Gasteiger partial charge in [-0.25, -0.2) is 19.2 Å². The molecule has 1 saturated heterocycles. The Bertz CT molecular complexity index is 1050. The van der Waals surface area contributed by atoms with Gasteiger partial charge >= 0.3 is 6.03 Å². The van der Waals surface area contributed by atoms with E-state index in [4.69, 9.17) is 4.98 Å². The monoisotopic (exact) mass is 405 g/mol. The van der Waals surface area contributed by atoms with Crippen molar-refractivity contribution >= 4 is 17.5 Å². The molecule has 1 aliphatic heterocycles. The second-order valence-corrected chi connectivity index (χ2v) is 7.47. The number of aryl methyl sites for hydroxylation is 2. The Labute approximate surface area is 175 Å². The lowest BCUT2D eigenvalue weighted by atomic mass is 10.1. The number of hydrogen-bond acceptors (Lipinski definition) is 4. The zero-order valence-electron chi connectivity index (χ0n) is 17.1. The lowest BCUT2D eigenvalue weighted by Gasteiger charge is -2.35. The van der Waals surface area contributed by atoms with Crippen molar-refractivity contribution in [3.05, 3.63) is 71.7 Å². The predicted molar refractivity (Wildman–Crippen MR) is 116 cm³/mol. The Morgan fingerprint density at radius 3 is 2.40 bits per heavy atom. The molecule has 0 atom stereocenters. The van der Waals surface area contributed by atoms with Crippen LogP contribution >= 0.6 is 0 Å². The molecule has 3 aromatic rings. The van der Waals surface area contributed by atoms with Gasteiger partial charge in [0.25, 0.3) is 0 Å². The number of nitrogens with zero attached hydrogens (tertiary/aromatic N) is 4. The summed E-state index contributed by atoms with van der Waals surface area (Å²) < 4.78 is 13.3. The fraction of sp³-hybridized carbons (Fsp3) is 0.261. The second-order valence-electron chi connectivity index (χ2n) is 7.47. The molecule has 0 radical (unpaired) electrons. The number of halogens is 1. The zero-order valence-corrected chi connectivity index (χ0v) is 17.1. The number of carbonyl (C=O) groups is 1. The van der Waals surface area contributed by atoms with Crippen LogP contribution in [-0.4, -0.2) is 47.1 Å². The number of amides is 2. The third-order valence-electron chi connectivity index (χ3n) is 5.12. The quantitative estimate of drug-likeness (QED) is 0.708. The van der Waals surface area contributed by atoms with E-state index in [1.807, 2.05) is 25.1 Å². The van der Waals surface area contributed by atoms with Crippen molar-refractivity contribution in [1.82, 2.24) is 14.9 Å². The molecule has 0 saturated carbocycles. The molecule has 1 fully saturated rings. The average molecular weight is 405 g/mol. The summed E-state index contributed by atoms with van der Waals surface area (Å²) in [5.41, 5.74) is 3.54. The predicted octanol–water partition coefficient (Wildman–Crippen LogP) is 4.25. The van der Waals surface area contributed by atoms with Crippen LogP contribution in [0.15, 0.2) is 54.6 Å². The molecular formula is C23H24FN5O. The first-order valence-electron chi connectivity index (χ1n) is 9.97. The number of anilines is 2. The third-order valence-corrected chi connectivity index (χ3v) is 5.12. The molecule has 30 heavy (non-hydrogen) atoms. The molecule has 6 nitrogen and oxygen atoms in total. The summed E-state index contributed by atoms with van der Waals surface area (Å²) in [5.74, 6) is 1.20. The van der Waals surface area contributed by atoms with Gasteiger partial charge in [-0.15, -0.1) is 0 Å². The maximum absolute atomic E-state index is 13.3. The van der Waals surface area contributed by atoms with Gasteiger partial charge < -0.3 is 15.1 Å². The molecule has 0 spiro atoms. The maximum Gasteiger partial charge on any atom is 0.321 e. The summed E-state index contributed by atoms with van der Waals surface area (Å²) in [5, 5.41) is 2.75. The highest BCUT2D eigenvalue weighted by Crippen LogP contribution is 2.22. The molecule has 1 aliphatic rings. The summed E-state index contributed by atoms with van der Waals surface area (Å²) in [7, 11) is 0. The van der Waals surface area contributed by atoms with E-state index < -0.39 is 0 Å².